The number of rotatable bonds is 2. The summed E-state index contributed by atoms with van der Waals surface area (Å²) in [5.74, 6) is 0. The van der Waals surface area contributed by atoms with Crippen LogP contribution < -0.4 is 10.9 Å². The van der Waals surface area contributed by atoms with Crippen molar-refractivity contribution < 1.29 is 0 Å². The summed E-state index contributed by atoms with van der Waals surface area (Å²) in [6.45, 7) is 0. The monoisotopic (exact) mass is 164 g/mol. The Hall–Kier alpha value is -1.35. The molecule has 0 aliphatic heterocycles. The molecule has 0 aliphatic rings. The van der Waals surface area contributed by atoms with E-state index >= 15 is 0 Å². The second kappa shape index (κ2) is 3.88. The molecule has 0 saturated heterocycles. The fourth-order valence-corrected chi connectivity index (χ4v) is 0.864. The first-order valence-electron chi connectivity index (χ1n) is 3.73. The summed E-state index contributed by atoms with van der Waals surface area (Å²) in [7, 11) is 3.68. The van der Waals surface area contributed by atoms with Gasteiger partial charge in [0.1, 0.15) is 0 Å². The van der Waals surface area contributed by atoms with Gasteiger partial charge in [0.15, 0.2) is 0 Å². The molecule has 0 aliphatic carbocycles. The zero-order valence-electron chi connectivity index (χ0n) is 7.24. The first-order chi connectivity index (χ1) is 5.70. The van der Waals surface area contributed by atoms with Gasteiger partial charge < -0.3 is 5.43 Å². The predicted octanol–water partition coefficient (Wildman–Crippen LogP) is 0.935. The van der Waals surface area contributed by atoms with Gasteiger partial charge in [0.2, 0.25) is 5.43 Å². The Balaban J connectivity index is 3.01. The van der Waals surface area contributed by atoms with E-state index in [2.05, 4.69) is 5.43 Å². The van der Waals surface area contributed by atoms with Crippen molar-refractivity contribution >= 4 is 5.69 Å². The van der Waals surface area contributed by atoms with Crippen molar-refractivity contribution in [3.8, 4) is 0 Å². The van der Waals surface area contributed by atoms with Crippen LogP contribution >= 0.6 is 0 Å². The van der Waals surface area contributed by atoms with E-state index in [0.717, 1.165) is 0 Å². The molecule has 0 aromatic heterocycles. The molecule has 0 radical (unpaired) electrons. The second-order valence-corrected chi connectivity index (χ2v) is 2.69. The van der Waals surface area contributed by atoms with Crippen molar-refractivity contribution in [2.75, 3.05) is 19.5 Å². The van der Waals surface area contributed by atoms with Crippen LogP contribution in [0.1, 0.15) is 0 Å². The summed E-state index contributed by atoms with van der Waals surface area (Å²) in [6.07, 6.45) is 0. The van der Waals surface area contributed by atoms with Crippen LogP contribution in [0.5, 0.6) is 0 Å². The summed E-state index contributed by atoms with van der Waals surface area (Å²) >= 11 is 0. The lowest BCUT2D eigenvalue weighted by atomic mass is 10.4. The third kappa shape index (κ3) is 2.36. The average molecular weight is 164 g/mol. The fraction of sp³-hybridized carbons (Fsp3) is 0.222. The Morgan fingerprint density at radius 3 is 2.50 bits per heavy atom. The minimum absolute atomic E-state index is 0.00583. The molecule has 0 atom stereocenters. The van der Waals surface area contributed by atoms with Gasteiger partial charge in [0, 0.05) is 14.1 Å². The number of nitrogens with one attached hydrogen (secondary N) is 1. The van der Waals surface area contributed by atoms with Crippen LogP contribution in [0.25, 0.3) is 0 Å². The van der Waals surface area contributed by atoms with Crippen LogP contribution in [0.3, 0.4) is 0 Å². The molecule has 12 heavy (non-hydrogen) atoms. The van der Waals surface area contributed by atoms with Crippen molar-refractivity contribution in [1.82, 2.24) is 5.01 Å². The van der Waals surface area contributed by atoms with Crippen LogP contribution in [-0.2, 0) is 0 Å². The minimum Gasteiger partial charge on any atom is -0.316 e. The van der Waals surface area contributed by atoms with E-state index in [-0.39, 0.29) is 5.43 Å². The van der Waals surface area contributed by atoms with Gasteiger partial charge in [-0.2, -0.15) is 0 Å². The van der Waals surface area contributed by atoms with E-state index in [9.17, 15) is 4.79 Å². The Labute approximate surface area is 71.6 Å². The van der Waals surface area contributed by atoms with Crippen molar-refractivity contribution in [3.05, 3.63) is 40.6 Å². The molecule has 1 aromatic carbocycles. The number of hydrogen-bond donors (Lipinski definition) is 1. The zero-order chi connectivity index (χ0) is 8.97. The van der Waals surface area contributed by atoms with E-state index in [0.29, 0.717) is 5.69 Å². The van der Waals surface area contributed by atoms with Gasteiger partial charge in [-0.1, -0.05) is 18.2 Å². The molecule has 3 nitrogen and oxygen atoms in total. The van der Waals surface area contributed by atoms with Crippen molar-refractivity contribution in [3.63, 3.8) is 0 Å². The summed E-state index contributed by atoms with van der Waals surface area (Å²) < 4.78 is 0. The molecule has 0 saturated carbocycles. The molecule has 0 bridgehead atoms. The summed E-state index contributed by atoms with van der Waals surface area (Å²) in [5.41, 5.74) is 3.50. The van der Waals surface area contributed by atoms with Gasteiger partial charge in [-0.05, 0) is 12.1 Å². The largest absolute Gasteiger partial charge is 0.316 e. The van der Waals surface area contributed by atoms with Crippen LogP contribution in [0.4, 0.5) is 5.69 Å². The highest BCUT2D eigenvalue weighted by atomic mass is 16.1. The number of nitrogens with zero attached hydrogens (tertiary/aromatic N) is 1. The van der Waals surface area contributed by atoms with Crippen molar-refractivity contribution in [1.29, 1.82) is 0 Å². The Morgan fingerprint density at radius 1 is 1.17 bits per heavy atom. The molecule has 0 amide bonds. The van der Waals surface area contributed by atoms with Gasteiger partial charge in [-0.3, -0.25) is 4.79 Å². The van der Waals surface area contributed by atoms with E-state index in [4.69, 9.17) is 0 Å². The Morgan fingerprint density at radius 2 is 1.83 bits per heavy atom. The smallest absolute Gasteiger partial charge is 0.202 e. The lowest BCUT2D eigenvalue weighted by molar-refractivity contribution is 0.495. The highest BCUT2D eigenvalue weighted by molar-refractivity contribution is 5.40. The molecule has 1 rings (SSSR count). The Kier molecular flexibility index (Phi) is 2.82. The van der Waals surface area contributed by atoms with Crippen LogP contribution in [0.2, 0.25) is 0 Å². The highest BCUT2D eigenvalue weighted by Gasteiger charge is 1.94. The quantitative estimate of drug-likeness (QED) is 0.660. The number of hydrazine groups is 1. The molecule has 0 unspecified atom stereocenters. The first-order valence-corrected chi connectivity index (χ1v) is 3.73. The lowest BCUT2D eigenvalue weighted by Gasteiger charge is -2.10. The summed E-state index contributed by atoms with van der Waals surface area (Å²) in [6, 6.07) is 8.66. The van der Waals surface area contributed by atoms with E-state index < -0.39 is 0 Å². The molecule has 1 aromatic rings. The molecule has 64 valence electrons. The van der Waals surface area contributed by atoms with Crippen molar-refractivity contribution in [2.24, 2.45) is 0 Å². The molecular formula is C9H12N2O. The lowest BCUT2D eigenvalue weighted by Crippen LogP contribution is -2.22. The third-order valence-electron chi connectivity index (χ3n) is 1.34. The van der Waals surface area contributed by atoms with Gasteiger partial charge in [-0.15, -0.1) is 0 Å². The molecule has 0 fully saturated rings. The second-order valence-electron chi connectivity index (χ2n) is 2.69. The topological polar surface area (TPSA) is 32.3 Å². The van der Waals surface area contributed by atoms with Gasteiger partial charge in [0.25, 0.3) is 0 Å². The van der Waals surface area contributed by atoms with Crippen LogP contribution in [0.15, 0.2) is 35.1 Å². The average Bonchev–Trinajstić information content (AvgIpc) is 2.16. The first kappa shape index (κ1) is 8.74. The summed E-state index contributed by atoms with van der Waals surface area (Å²) in [4.78, 5) is 11.3. The standard InChI is InChI=1S/C9H12N2O/c1-11(2)10-8-6-4-3-5-7-9(8)12/h3-7H,1-2H3,(H,10,12). The van der Waals surface area contributed by atoms with Gasteiger partial charge in [-0.25, -0.2) is 5.01 Å². The van der Waals surface area contributed by atoms with E-state index in [1.165, 1.54) is 6.07 Å². The maximum absolute atomic E-state index is 11.3. The molecule has 1 N–H and O–H groups in total. The summed E-state index contributed by atoms with van der Waals surface area (Å²) in [5, 5.41) is 1.73. The van der Waals surface area contributed by atoms with Crippen LogP contribution in [-0.4, -0.2) is 19.1 Å². The normalized spacial score (nSPS) is 9.92. The minimum atomic E-state index is -0.00583. The number of anilines is 1. The van der Waals surface area contributed by atoms with Gasteiger partial charge in [0.05, 0.1) is 5.69 Å². The number of hydrogen-bond acceptors (Lipinski definition) is 3. The van der Waals surface area contributed by atoms with Gasteiger partial charge >= 0.3 is 0 Å². The maximum atomic E-state index is 11.3. The zero-order valence-corrected chi connectivity index (χ0v) is 7.24. The molecule has 3 heteroatoms. The van der Waals surface area contributed by atoms with Crippen LogP contribution in [0, 0.1) is 0 Å². The van der Waals surface area contributed by atoms with E-state index in [1.54, 1.807) is 17.1 Å². The van der Waals surface area contributed by atoms with E-state index in [1.807, 2.05) is 26.2 Å². The third-order valence-corrected chi connectivity index (χ3v) is 1.34. The van der Waals surface area contributed by atoms with Crippen molar-refractivity contribution in [2.45, 2.75) is 0 Å². The molecular weight excluding hydrogens is 152 g/mol. The predicted molar refractivity (Wildman–Crippen MR) is 50.0 cm³/mol. The SMILES string of the molecule is CN(C)Nc1cccccc1=O. The highest BCUT2D eigenvalue weighted by Crippen LogP contribution is 1.96. The molecule has 0 spiro atoms. The maximum Gasteiger partial charge on any atom is 0.202 e. The molecule has 0 heterocycles. The fourth-order valence-electron chi connectivity index (χ4n) is 0.864. The Bertz CT molecular complexity index is 309.